The molecule has 0 saturated heterocycles. The van der Waals surface area contributed by atoms with Gasteiger partial charge in [-0.3, -0.25) is 9.59 Å². The number of amides is 1. The number of furan rings is 1. The van der Waals surface area contributed by atoms with Crippen LogP contribution in [-0.2, 0) is 27.3 Å². The predicted octanol–water partition coefficient (Wildman–Crippen LogP) is 3.90. The van der Waals surface area contributed by atoms with E-state index < -0.39 is 12.0 Å². The maximum absolute atomic E-state index is 13.8. The highest BCUT2D eigenvalue weighted by Gasteiger charge is 2.36. The fourth-order valence-corrected chi connectivity index (χ4v) is 4.42. The second kappa shape index (κ2) is 9.54. The van der Waals surface area contributed by atoms with Crippen molar-refractivity contribution >= 4 is 22.8 Å². The molecule has 1 aliphatic heterocycles. The lowest BCUT2D eigenvalue weighted by molar-refractivity contribution is -0.142. The second-order valence-electron chi connectivity index (χ2n) is 7.79. The highest BCUT2D eigenvalue weighted by atomic mass is 16.5. The molecule has 1 atom stereocenters. The summed E-state index contributed by atoms with van der Waals surface area (Å²) in [7, 11) is 6.04. The number of carbonyl (C=O) groups is 2. The van der Waals surface area contributed by atoms with E-state index in [4.69, 9.17) is 23.4 Å². The normalized spacial score (nSPS) is 15.3. The molecule has 0 N–H and O–H groups in total. The minimum atomic E-state index is -0.544. The smallest absolute Gasteiger partial charge is 0.307 e. The molecule has 1 aromatic heterocycles. The Morgan fingerprint density at radius 1 is 1.06 bits per heavy atom. The van der Waals surface area contributed by atoms with Gasteiger partial charge in [-0.05, 0) is 35.7 Å². The summed E-state index contributed by atoms with van der Waals surface area (Å²) in [6, 6.07) is 10.7. The third kappa shape index (κ3) is 4.14. The summed E-state index contributed by atoms with van der Waals surface area (Å²) in [6.45, 7) is 0.641. The standard InChI is InChI=1S/C25H27NO7/c1-29-14-18-16-7-5-6-8-20(16)33-24(18)25(28)26-10-9-15-11-21(30-2)22(31-3)12-17(15)19(26)13-23(27)32-4/h5-8,11-12,19H,9-10,13-14H2,1-4H3. The van der Waals surface area contributed by atoms with Gasteiger partial charge >= 0.3 is 5.97 Å². The summed E-state index contributed by atoms with van der Waals surface area (Å²) in [4.78, 5) is 27.8. The van der Waals surface area contributed by atoms with Gasteiger partial charge in [-0.2, -0.15) is 0 Å². The Balaban J connectivity index is 1.80. The number of para-hydroxylation sites is 1. The Bertz CT molecular complexity index is 1180. The van der Waals surface area contributed by atoms with Crippen LogP contribution in [-0.4, -0.2) is 51.8 Å². The van der Waals surface area contributed by atoms with E-state index in [0.29, 0.717) is 35.6 Å². The Morgan fingerprint density at radius 3 is 2.48 bits per heavy atom. The Hall–Kier alpha value is -3.52. The third-order valence-corrected chi connectivity index (χ3v) is 6.03. The number of carbonyl (C=O) groups excluding carboxylic acids is 2. The first-order chi connectivity index (χ1) is 16.0. The number of hydrogen-bond acceptors (Lipinski definition) is 7. The van der Waals surface area contributed by atoms with Crippen molar-refractivity contribution in [2.75, 3.05) is 35.0 Å². The van der Waals surface area contributed by atoms with Crippen LogP contribution < -0.4 is 9.47 Å². The van der Waals surface area contributed by atoms with Crippen LogP contribution in [0.5, 0.6) is 11.5 Å². The van der Waals surface area contributed by atoms with Gasteiger partial charge < -0.3 is 28.3 Å². The summed E-state index contributed by atoms with van der Waals surface area (Å²) < 4.78 is 27.2. The molecular weight excluding hydrogens is 426 g/mol. The number of fused-ring (bicyclic) bond motifs is 2. The number of hydrogen-bond donors (Lipinski definition) is 0. The molecular formula is C25H27NO7. The van der Waals surface area contributed by atoms with E-state index in [1.54, 1.807) is 26.2 Å². The molecule has 1 aliphatic rings. The highest BCUT2D eigenvalue weighted by molar-refractivity contribution is 5.99. The van der Waals surface area contributed by atoms with Gasteiger partial charge in [0.2, 0.25) is 0 Å². The van der Waals surface area contributed by atoms with Crippen molar-refractivity contribution in [3.63, 3.8) is 0 Å². The average molecular weight is 453 g/mol. The van der Waals surface area contributed by atoms with E-state index in [1.165, 1.54) is 7.11 Å². The lowest BCUT2D eigenvalue weighted by atomic mass is 9.89. The van der Waals surface area contributed by atoms with Crippen molar-refractivity contribution in [3.8, 4) is 11.5 Å². The average Bonchev–Trinajstić information content (AvgIpc) is 3.21. The molecule has 33 heavy (non-hydrogen) atoms. The molecule has 174 valence electrons. The third-order valence-electron chi connectivity index (χ3n) is 6.03. The monoisotopic (exact) mass is 453 g/mol. The molecule has 3 aromatic rings. The summed E-state index contributed by atoms with van der Waals surface area (Å²) >= 11 is 0. The summed E-state index contributed by atoms with van der Waals surface area (Å²) in [5, 5.41) is 0.830. The summed E-state index contributed by atoms with van der Waals surface area (Å²) in [5.74, 6) is 0.642. The number of benzene rings is 2. The zero-order chi connectivity index (χ0) is 23.5. The molecule has 0 saturated carbocycles. The molecule has 1 unspecified atom stereocenters. The van der Waals surface area contributed by atoms with E-state index in [0.717, 1.165) is 16.5 Å². The van der Waals surface area contributed by atoms with Crippen LogP contribution in [0.15, 0.2) is 40.8 Å². The Kier molecular flexibility index (Phi) is 6.55. The van der Waals surface area contributed by atoms with Crippen LogP contribution in [0.1, 0.15) is 39.7 Å². The van der Waals surface area contributed by atoms with Crippen LogP contribution in [0.25, 0.3) is 11.0 Å². The highest BCUT2D eigenvalue weighted by Crippen LogP contribution is 2.41. The van der Waals surface area contributed by atoms with Gasteiger partial charge in [-0.25, -0.2) is 0 Å². The molecule has 0 aliphatic carbocycles. The van der Waals surface area contributed by atoms with Gasteiger partial charge in [0.25, 0.3) is 5.91 Å². The Labute approximate surface area is 192 Å². The van der Waals surface area contributed by atoms with Gasteiger partial charge in [0.15, 0.2) is 17.3 Å². The fourth-order valence-electron chi connectivity index (χ4n) is 4.42. The molecule has 8 heteroatoms. The maximum atomic E-state index is 13.8. The zero-order valence-electron chi connectivity index (χ0n) is 19.2. The minimum absolute atomic E-state index is 0.00453. The van der Waals surface area contributed by atoms with E-state index in [1.807, 2.05) is 36.4 Å². The number of methoxy groups -OCH3 is 4. The molecule has 2 heterocycles. The number of rotatable bonds is 7. The molecule has 0 fully saturated rings. The van der Waals surface area contributed by atoms with Crippen LogP contribution >= 0.6 is 0 Å². The topological polar surface area (TPSA) is 87.4 Å². The number of esters is 1. The van der Waals surface area contributed by atoms with Gasteiger partial charge in [-0.1, -0.05) is 18.2 Å². The first kappa shape index (κ1) is 22.7. The van der Waals surface area contributed by atoms with E-state index >= 15 is 0 Å². The van der Waals surface area contributed by atoms with Gasteiger partial charge in [-0.15, -0.1) is 0 Å². The quantitative estimate of drug-likeness (QED) is 0.502. The molecule has 1 amide bonds. The van der Waals surface area contributed by atoms with Crippen molar-refractivity contribution in [1.29, 1.82) is 0 Å². The molecule has 0 bridgehead atoms. The van der Waals surface area contributed by atoms with Crippen molar-refractivity contribution in [3.05, 3.63) is 58.8 Å². The van der Waals surface area contributed by atoms with Gasteiger partial charge in [0.1, 0.15) is 5.58 Å². The van der Waals surface area contributed by atoms with Crippen molar-refractivity contribution in [2.24, 2.45) is 0 Å². The molecule has 0 radical (unpaired) electrons. The lowest BCUT2D eigenvalue weighted by Crippen LogP contribution is -2.41. The van der Waals surface area contributed by atoms with Crippen LogP contribution in [0.3, 0.4) is 0 Å². The van der Waals surface area contributed by atoms with Gasteiger partial charge in [0.05, 0.1) is 40.4 Å². The number of ether oxygens (including phenoxy) is 4. The second-order valence-corrected chi connectivity index (χ2v) is 7.79. The SMILES string of the molecule is COCc1c(C(=O)N2CCc3cc(OC)c(OC)cc3C2CC(=O)OC)oc2ccccc12. The van der Waals surface area contributed by atoms with Crippen molar-refractivity contribution in [2.45, 2.75) is 25.5 Å². The molecule has 2 aromatic carbocycles. The van der Waals surface area contributed by atoms with Crippen LogP contribution in [0.4, 0.5) is 0 Å². The van der Waals surface area contributed by atoms with Crippen LogP contribution in [0, 0.1) is 0 Å². The van der Waals surface area contributed by atoms with Crippen LogP contribution in [0.2, 0.25) is 0 Å². The van der Waals surface area contributed by atoms with Crippen molar-refractivity contribution < 1.29 is 33.0 Å². The predicted molar refractivity (Wildman–Crippen MR) is 121 cm³/mol. The first-order valence-electron chi connectivity index (χ1n) is 10.6. The molecule has 0 spiro atoms. The van der Waals surface area contributed by atoms with E-state index in [-0.39, 0.29) is 24.7 Å². The molecule has 8 nitrogen and oxygen atoms in total. The maximum Gasteiger partial charge on any atom is 0.307 e. The van der Waals surface area contributed by atoms with Crippen molar-refractivity contribution in [1.82, 2.24) is 4.90 Å². The summed E-state index contributed by atoms with van der Waals surface area (Å²) in [5.41, 5.74) is 3.11. The summed E-state index contributed by atoms with van der Waals surface area (Å²) in [6.07, 6.45) is 0.601. The fraction of sp³-hybridized carbons (Fsp3) is 0.360. The van der Waals surface area contributed by atoms with E-state index in [2.05, 4.69) is 0 Å². The van der Waals surface area contributed by atoms with Gasteiger partial charge in [0, 0.05) is 24.6 Å². The Morgan fingerprint density at radius 2 is 1.79 bits per heavy atom. The number of nitrogens with zero attached hydrogens (tertiary/aromatic N) is 1. The molecule has 4 rings (SSSR count). The minimum Gasteiger partial charge on any atom is -0.493 e. The zero-order valence-corrected chi connectivity index (χ0v) is 19.2. The first-order valence-corrected chi connectivity index (χ1v) is 10.6. The van der Waals surface area contributed by atoms with E-state index in [9.17, 15) is 9.59 Å². The largest absolute Gasteiger partial charge is 0.493 e. The lowest BCUT2D eigenvalue weighted by Gasteiger charge is -2.37.